The van der Waals surface area contributed by atoms with Crippen LogP contribution in [0.3, 0.4) is 0 Å². The van der Waals surface area contributed by atoms with Crippen LogP contribution >= 0.6 is 11.3 Å². The Balaban J connectivity index is 2.10. The number of nitrogens with zero attached hydrogens (tertiary/aromatic N) is 1. The largest absolute Gasteiger partial charge is 0.491 e. The minimum absolute atomic E-state index is 0.184. The molecule has 0 bridgehead atoms. The van der Waals surface area contributed by atoms with Gasteiger partial charge in [0, 0.05) is 19.6 Å². The maximum atomic E-state index is 6.00. The van der Waals surface area contributed by atoms with E-state index >= 15 is 0 Å². The molecule has 2 rings (SSSR count). The smallest absolute Gasteiger partial charge is 0.144 e. The number of nitrogens with two attached hydrogens (primary N) is 1. The summed E-state index contributed by atoms with van der Waals surface area (Å²) in [6, 6.07) is 3.84. The summed E-state index contributed by atoms with van der Waals surface area (Å²) in [5.74, 6) is 0.699. The normalized spacial score (nSPS) is 12.0. The molecule has 5 heteroatoms. The van der Waals surface area contributed by atoms with Gasteiger partial charge < -0.3 is 15.2 Å². The second-order valence-electron chi connectivity index (χ2n) is 5.15. The molecule has 0 saturated heterocycles. The summed E-state index contributed by atoms with van der Waals surface area (Å²) in [5.41, 5.74) is 7.42. The summed E-state index contributed by atoms with van der Waals surface area (Å²) in [4.78, 5) is 4.45. The number of nitrogen functional groups attached to an aromatic ring is 1. The van der Waals surface area contributed by atoms with E-state index in [4.69, 9.17) is 15.2 Å². The molecule has 0 amide bonds. The average molecular weight is 280 g/mol. The molecule has 0 atom stereocenters. The van der Waals surface area contributed by atoms with E-state index in [2.05, 4.69) is 4.98 Å². The molecule has 0 saturated carbocycles. The van der Waals surface area contributed by atoms with Crippen LogP contribution in [0.15, 0.2) is 12.1 Å². The third-order valence-electron chi connectivity index (χ3n) is 3.14. The number of aryl methyl sites for hydroxylation is 1. The first-order valence-corrected chi connectivity index (χ1v) is 7.07. The Morgan fingerprint density at radius 1 is 1.37 bits per heavy atom. The Hall–Kier alpha value is -1.33. The minimum Gasteiger partial charge on any atom is -0.491 e. The van der Waals surface area contributed by atoms with Gasteiger partial charge in [0.25, 0.3) is 0 Å². The molecular formula is C14H20N2O2S. The van der Waals surface area contributed by atoms with Gasteiger partial charge in [-0.3, -0.25) is 0 Å². The molecule has 0 fully saturated rings. The van der Waals surface area contributed by atoms with Crippen molar-refractivity contribution >= 4 is 27.2 Å². The van der Waals surface area contributed by atoms with E-state index in [1.807, 2.05) is 32.9 Å². The van der Waals surface area contributed by atoms with Crippen molar-refractivity contribution in [3.63, 3.8) is 0 Å². The van der Waals surface area contributed by atoms with Gasteiger partial charge in [-0.25, -0.2) is 4.98 Å². The Morgan fingerprint density at radius 3 is 2.79 bits per heavy atom. The number of rotatable bonds is 5. The second-order valence-corrected chi connectivity index (χ2v) is 6.39. The molecule has 2 N–H and O–H groups in total. The number of aromatic nitrogens is 1. The van der Waals surface area contributed by atoms with Crippen LogP contribution in [-0.4, -0.2) is 24.3 Å². The van der Waals surface area contributed by atoms with E-state index in [0.717, 1.165) is 21.6 Å². The molecule has 19 heavy (non-hydrogen) atoms. The monoisotopic (exact) mass is 280 g/mol. The summed E-state index contributed by atoms with van der Waals surface area (Å²) in [5, 5.41) is 1.03. The van der Waals surface area contributed by atoms with E-state index in [-0.39, 0.29) is 5.60 Å². The molecule has 104 valence electrons. The number of fused-ring (bicyclic) bond motifs is 1. The molecule has 0 unspecified atom stereocenters. The van der Waals surface area contributed by atoms with E-state index in [9.17, 15) is 0 Å². The molecule has 0 aliphatic rings. The lowest BCUT2D eigenvalue weighted by atomic mass is 10.1. The van der Waals surface area contributed by atoms with Crippen molar-refractivity contribution < 1.29 is 9.47 Å². The predicted molar refractivity (Wildman–Crippen MR) is 80.0 cm³/mol. The highest BCUT2D eigenvalue weighted by Crippen LogP contribution is 2.31. The SMILES string of the molecule is COC(C)(C)CCOc1cc2nc(C)sc2cc1N. The zero-order chi connectivity index (χ0) is 14.0. The lowest BCUT2D eigenvalue weighted by molar-refractivity contribution is 0.00552. The van der Waals surface area contributed by atoms with Gasteiger partial charge in [0.15, 0.2) is 0 Å². The minimum atomic E-state index is -0.184. The number of methoxy groups -OCH3 is 1. The van der Waals surface area contributed by atoms with Gasteiger partial charge in [0.2, 0.25) is 0 Å². The van der Waals surface area contributed by atoms with Gasteiger partial charge in [-0.2, -0.15) is 0 Å². The number of thiazole rings is 1. The third kappa shape index (κ3) is 3.36. The quantitative estimate of drug-likeness (QED) is 0.853. The van der Waals surface area contributed by atoms with Crippen molar-refractivity contribution in [2.24, 2.45) is 0 Å². The fraction of sp³-hybridized carbons (Fsp3) is 0.500. The number of anilines is 1. The Kier molecular flexibility index (Phi) is 3.96. The second kappa shape index (κ2) is 5.35. The molecule has 0 radical (unpaired) electrons. The fourth-order valence-electron chi connectivity index (χ4n) is 1.72. The topological polar surface area (TPSA) is 57.4 Å². The Morgan fingerprint density at radius 2 is 2.11 bits per heavy atom. The first-order chi connectivity index (χ1) is 8.91. The van der Waals surface area contributed by atoms with Crippen molar-refractivity contribution in [1.29, 1.82) is 0 Å². The van der Waals surface area contributed by atoms with Crippen molar-refractivity contribution in [2.75, 3.05) is 19.5 Å². The molecule has 4 nitrogen and oxygen atoms in total. The first kappa shape index (κ1) is 14.1. The van der Waals surface area contributed by atoms with Gasteiger partial charge in [-0.1, -0.05) is 0 Å². The van der Waals surface area contributed by atoms with E-state index in [1.54, 1.807) is 18.4 Å². The molecular weight excluding hydrogens is 260 g/mol. The summed E-state index contributed by atoms with van der Waals surface area (Å²) in [6.45, 7) is 6.63. The maximum Gasteiger partial charge on any atom is 0.144 e. The number of hydrogen-bond acceptors (Lipinski definition) is 5. The highest BCUT2D eigenvalue weighted by Gasteiger charge is 2.16. The van der Waals surface area contributed by atoms with Crippen LogP contribution < -0.4 is 10.5 Å². The summed E-state index contributed by atoms with van der Waals surface area (Å²) in [6.07, 6.45) is 0.803. The predicted octanol–water partition coefficient (Wildman–Crippen LogP) is 3.38. The van der Waals surface area contributed by atoms with Gasteiger partial charge in [-0.15, -0.1) is 11.3 Å². The zero-order valence-electron chi connectivity index (χ0n) is 11.8. The average Bonchev–Trinajstić information content (AvgIpc) is 2.68. The van der Waals surface area contributed by atoms with Crippen LogP contribution in [0.2, 0.25) is 0 Å². The molecule has 1 aromatic heterocycles. The van der Waals surface area contributed by atoms with Gasteiger partial charge in [0.1, 0.15) is 5.75 Å². The summed E-state index contributed by atoms with van der Waals surface area (Å²) >= 11 is 1.64. The van der Waals surface area contributed by atoms with Gasteiger partial charge >= 0.3 is 0 Å². The number of ether oxygens (including phenoxy) is 2. The molecule has 0 aliphatic carbocycles. The Labute approximate surface area is 117 Å². The van der Waals surface area contributed by atoms with Crippen LogP contribution in [0.25, 0.3) is 10.2 Å². The van der Waals surface area contributed by atoms with E-state index in [0.29, 0.717) is 18.0 Å². The first-order valence-electron chi connectivity index (χ1n) is 6.26. The fourth-order valence-corrected chi connectivity index (χ4v) is 2.58. The molecule has 2 aromatic rings. The molecule has 1 aromatic carbocycles. The molecule has 1 heterocycles. The molecule has 0 spiro atoms. The Bertz CT molecular complexity index is 578. The van der Waals surface area contributed by atoms with Crippen molar-refractivity contribution in [1.82, 2.24) is 4.98 Å². The van der Waals surface area contributed by atoms with Crippen LogP contribution in [0, 0.1) is 6.92 Å². The maximum absolute atomic E-state index is 6.00. The van der Waals surface area contributed by atoms with Crippen LogP contribution in [0.4, 0.5) is 5.69 Å². The summed E-state index contributed by atoms with van der Waals surface area (Å²) < 4.78 is 12.2. The van der Waals surface area contributed by atoms with Gasteiger partial charge in [-0.05, 0) is 26.8 Å². The highest BCUT2D eigenvalue weighted by atomic mass is 32.1. The van der Waals surface area contributed by atoms with Crippen LogP contribution in [-0.2, 0) is 4.74 Å². The van der Waals surface area contributed by atoms with Crippen LogP contribution in [0.5, 0.6) is 5.75 Å². The summed E-state index contributed by atoms with van der Waals surface area (Å²) in [7, 11) is 1.71. The zero-order valence-corrected chi connectivity index (χ0v) is 12.6. The van der Waals surface area contributed by atoms with Crippen LogP contribution in [0.1, 0.15) is 25.3 Å². The number of hydrogen-bond donors (Lipinski definition) is 1. The molecule has 0 aliphatic heterocycles. The third-order valence-corrected chi connectivity index (χ3v) is 4.07. The lowest BCUT2D eigenvalue weighted by Gasteiger charge is -2.22. The van der Waals surface area contributed by atoms with Gasteiger partial charge in [0.05, 0.1) is 33.1 Å². The van der Waals surface area contributed by atoms with Crippen molar-refractivity contribution in [3.05, 3.63) is 17.1 Å². The highest BCUT2D eigenvalue weighted by molar-refractivity contribution is 7.18. The standard InChI is InChI=1S/C14H20N2O2S/c1-9-16-11-8-12(10(15)7-13(11)19-9)18-6-5-14(2,3)17-4/h7-8H,5-6,15H2,1-4H3. The number of benzene rings is 1. The van der Waals surface area contributed by atoms with Crippen molar-refractivity contribution in [2.45, 2.75) is 32.8 Å². The van der Waals surface area contributed by atoms with E-state index in [1.165, 1.54) is 0 Å². The van der Waals surface area contributed by atoms with E-state index < -0.39 is 0 Å². The van der Waals surface area contributed by atoms with Crippen molar-refractivity contribution in [3.8, 4) is 5.75 Å². The lowest BCUT2D eigenvalue weighted by Crippen LogP contribution is -2.25.